The SMILES string of the molecule is c1ccc(-c2ccc(-c3cc(-c4ccc(-c5nc6cc7ccccc7cc6c6c5c5ccccc5n6-c5ccccc5)cc4)nc(-c4ccccc4)n3)cc2)cc1. The fourth-order valence-electron chi connectivity index (χ4n) is 8.20. The molecular formula is C53H34N4. The molecule has 0 N–H and O–H groups in total. The second kappa shape index (κ2) is 13.6. The lowest BCUT2D eigenvalue weighted by Crippen LogP contribution is -1.97. The van der Waals surface area contributed by atoms with E-state index in [1.807, 2.05) is 24.3 Å². The first-order chi connectivity index (χ1) is 28.2. The summed E-state index contributed by atoms with van der Waals surface area (Å²) in [6.07, 6.45) is 0. The van der Waals surface area contributed by atoms with Crippen molar-refractivity contribution in [3.05, 3.63) is 206 Å². The fraction of sp³-hybridized carbons (Fsp3) is 0. The molecular weight excluding hydrogens is 693 g/mol. The van der Waals surface area contributed by atoms with Gasteiger partial charge in [-0.05, 0) is 58.3 Å². The van der Waals surface area contributed by atoms with Crippen LogP contribution >= 0.6 is 0 Å². The summed E-state index contributed by atoms with van der Waals surface area (Å²) in [4.78, 5) is 15.7. The van der Waals surface area contributed by atoms with Gasteiger partial charge in [-0.1, -0.05) is 170 Å². The monoisotopic (exact) mass is 726 g/mol. The highest BCUT2D eigenvalue weighted by Crippen LogP contribution is 2.42. The topological polar surface area (TPSA) is 43.6 Å². The average Bonchev–Trinajstić information content (AvgIpc) is 3.64. The van der Waals surface area contributed by atoms with E-state index in [-0.39, 0.29) is 0 Å². The van der Waals surface area contributed by atoms with Crippen LogP contribution in [0.2, 0.25) is 0 Å². The Labute approximate surface area is 330 Å². The van der Waals surface area contributed by atoms with Crippen LogP contribution in [0, 0.1) is 0 Å². The maximum atomic E-state index is 5.48. The minimum atomic E-state index is 0.693. The molecule has 3 aromatic heterocycles. The maximum absolute atomic E-state index is 5.48. The van der Waals surface area contributed by atoms with E-state index >= 15 is 0 Å². The molecule has 0 radical (unpaired) electrons. The lowest BCUT2D eigenvalue weighted by molar-refractivity contribution is 1.18. The third-order valence-electron chi connectivity index (χ3n) is 11.0. The number of rotatable bonds is 6. The summed E-state index contributed by atoms with van der Waals surface area (Å²) in [5.41, 5.74) is 13.5. The Bertz CT molecular complexity index is 3240. The van der Waals surface area contributed by atoms with Gasteiger partial charge in [-0.2, -0.15) is 0 Å². The van der Waals surface area contributed by atoms with E-state index < -0.39 is 0 Å². The quantitative estimate of drug-likeness (QED) is 0.160. The van der Waals surface area contributed by atoms with Crippen molar-refractivity contribution in [3.63, 3.8) is 0 Å². The molecule has 0 saturated carbocycles. The second-order valence-electron chi connectivity index (χ2n) is 14.4. The highest BCUT2D eigenvalue weighted by atomic mass is 15.0. The molecule has 0 bridgehead atoms. The molecule has 0 aliphatic heterocycles. The third kappa shape index (κ3) is 5.74. The summed E-state index contributed by atoms with van der Waals surface area (Å²) in [6.45, 7) is 0. The number of fused-ring (bicyclic) bond motifs is 6. The van der Waals surface area contributed by atoms with Crippen LogP contribution in [0.3, 0.4) is 0 Å². The van der Waals surface area contributed by atoms with Gasteiger partial charge in [0.1, 0.15) is 0 Å². The van der Waals surface area contributed by atoms with Gasteiger partial charge in [0, 0.05) is 44.1 Å². The van der Waals surface area contributed by atoms with Crippen molar-refractivity contribution in [3.8, 4) is 62.0 Å². The first kappa shape index (κ1) is 32.7. The van der Waals surface area contributed by atoms with Gasteiger partial charge < -0.3 is 4.57 Å². The predicted octanol–water partition coefficient (Wildman–Crippen LogP) is 13.6. The van der Waals surface area contributed by atoms with E-state index in [1.54, 1.807) is 0 Å². The molecule has 266 valence electrons. The third-order valence-corrected chi connectivity index (χ3v) is 11.0. The smallest absolute Gasteiger partial charge is 0.160 e. The molecule has 0 aliphatic rings. The Morgan fingerprint density at radius 1 is 0.351 bits per heavy atom. The van der Waals surface area contributed by atoms with Gasteiger partial charge in [-0.3, -0.25) is 0 Å². The zero-order chi connectivity index (χ0) is 37.7. The summed E-state index contributed by atoms with van der Waals surface area (Å²) in [6, 6.07) is 72.6. The van der Waals surface area contributed by atoms with E-state index in [9.17, 15) is 0 Å². The summed E-state index contributed by atoms with van der Waals surface area (Å²) >= 11 is 0. The zero-order valence-corrected chi connectivity index (χ0v) is 30.9. The van der Waals surface area contributed by atoms with Crippen LogP contribution in [0.25, 0.3) is 105 Å². The van der Waals surface area contributed by atoms with Crippen molar-refractivity contribution in [1.82, 2.24) is 19.5 Å². The molecule has 0 fully saturated rings. The van der Waals surface area contributed by atoms with Crippen LogP contribution in [0.1, 0.15) is 0 Å². The normalized spacial score (nSPS) is 11.5. The highest BCUT2D eigenvalue weighted by molar-refractivity contribution is 6.23. The van der Waals surface area contributed by atoms with Crippen molar-refractivity contribution in [1.29, 1.82) is 0 Å². The summed E-state index contributed by atoms with van der Waals surface area (Å²) in [7, 11) is 0. The van der Waals surface area contributed by atoms with Gasteiger partial charge in [-0.15, -0.1) is 0 Å². The first-order valence-corrected chi connectivity index (χ1v) is 19.3. The summed E-state index contributed by atoms with van der Waals surface area (Å²) < 4.78 is 2.40. The number of pyridine rings is 1. The molecule has 0 unspecified atom stereocenters. The minimum Gasteiger partial charge on any atom is -0.308 e. The second-order valence-corrected chi connectivity index (χ2v) is 14.4. The largest absolute Gasteiger partial charge is 0.308 e. The van der Waals surface area contributed by atoms with E-state index in [1.165, 1.54) is 27.3 Å². The number of benzene rings is 8. The van der Waals surface area contributed by atoms with E-state index in [0.29, 0.717) is 5.82 Å². The van der Waals surface area contributed by atoms with Crippen LogP contribution in [0.4, 0.5) is 0 Å². The van der Waals surface area contributed by atoms with Crippen molar-refractivity contribution >= 4 is 43.5 Å². The average molecular weight is 727 g/mol. The van der Waals surface area contributed by atoms with Crippen molar-refractivity contribution in [2.75, 3.05) is 0 Å². The van der Waals surface area contributed by atoms with E-state index in [2.05, 4.69) is 187 Å². The van der Waals surface area contributed by atoms with Gasteiger partial charge in [0.15, 0.2) is 5.82 Å². The molecule has 57 heavy (non-hydrogen) atoms. The number of nitrogens with zero attached hydrogens (tertiary/aromatic N) is 4. The Hall–Kier alpha value is -7.69. The van der Waals surface area contributed by atoms with Crippen LogP contribution in [0.15, 0.2) is 206 Å². The van der Waals surface area contributed by atoms with E-state index in [0.717, 1.165) is 72.3 Å². The molecule has 0 amide bonds. The van der Waals surface area contributed by atoms with Crippen molar-refractivity contribution in [2.24, 2.45) is 0 Å². The molecule has 0 atom stereocenters. The standard InChI is InChI=1S/C53H34N4/c1-4-14-35(15-5-1)36-24-26-37(27-25-36)46-34-47(56-53(55-46)40-16-6-2-7-17-40)38-28-30-39(31-29-38)51-50-44-22-12-13-23-49(44)57(43-20-8-3-9-21-43)52(50)45-32-41-18-10-11-19-42(41)33-48(45)54-51/h1-34H. The van der Waals surface area contributed by atoms with Crippen LogP contribution in [0.5, 0.6) is 0 Å². The van der Waals surface area contributed by atoms with Gasteiger partial charge in [0.05, 0.1) is 33.6 Å². The van der Waals surface area contributed by atoms with E-state index in [4.69, 9.17) is 15.0 Å². The summed E-state index contributed by atoms with van der Waals surface area (Å²) in [5, 5.41) is 5.80. The molecule has 0 aliphatic carbocycles. The van der Waals surface area contributed by atoms with Gasteiger partial charge in [0.2, 0.25) is 0 Å². The first-order valence-electron chi connectivity index (χ1n) is 19.3. The van der Waals surface area contributed by atoms with Gasteiger partial charge in [0.25, 0.3) is 0 Å². The minimum absolute atomic E-state index is 0.693. The zero-order valence-electron chi connectivity index (χ0n) is 30.9. The molecule has 4 heteroatoms. The Morgan fingerprint density at radius 2 is 0.860 bits per heavy atom. The molecule has 8 aromatic carbocycles. The molecule has 11 aromatic rings. The Morgan fingerprint density at radius 3 is 1.53 bits per heavy atom. The number of hydrogen-bond donors (Lipinski definition) is 0. The van der Waals surface area contributed by atoms with Crippen molar-refractivity contribution < 1.29 is 0 Å². The molecule has 11 rings (SSSR count). The number of hydrogen-bond acceptors (Lipinski definition) is 3. The maximum Gasteiger partial charge on any atom is 0.160 e. The Kier molecular flexibility index (Phi) is 7.78. The summed E-state index contributed by atoms with van der Waals surface area (Å²) in [5.74, 6) is 0.693. The van der Waals surface area contributed by atoms with Crippen LogP contribution in [-0.4, -0.2) is 19.5 Å². The molecule has 3 heterocycles. The lowest BCUT2D eigenvalue weighted by atomic mass is 9.98. The molecule has 0 saturated heterocycles. The predicted molar refractivity (Wildman–Crippen MR) is 236 cm³/mol. The fourth-order valence-corrected chi connectivity index (χ4v) is 8.20. The lowest BCUT2D eigenvalue weighted by Gasteiger charge is -2.13. The molecule has 4 nitrogen and oxygen atoms in total. The Balaban J connectivity index is 1.08. The van der Waals surface area contributed by atoms with Gasteiger partial charge in [-0.25, -0.2) is 15.0 Å². The highest BCUT2D eigenvalue weighted by Gasteiger charge is 2.21. The van der Waals surface area contributed by atoms with Crippen LogP contribution < -0.4 is 0 Å². The number of para-hydroxylation sites is 2. The number of aromatic nitrogens is 4. The van der Waals surface area contributed by atoms with Gasteiger partial charge >= 0.3 is 0 Å². The molecule has 0 spiro atoms. The van der Waals surface area contributed by atoms with Crippen LogP contribution in [-0.2, 0) is 0 Å². The van der Waals surface area contributed by atoms with Crippen molar-refractivity contribution in [2.45, 2.75) is 0 Å².